The molecule has 1 amide bonds. The first-order chi connectivity index (χ1) is 16.6. The quantitative estimate of drug-likeness (QED) is 0.411. The smallest absolute Gasteiger partial charge is 0.221 e. The maximum Gasteiger partial charge on any atom is 0.221 e. The molecule has 5 rings (SSSR count). The number of rotatable bonds is 6. The van der Waals surface area contributed by atoms with Crippen molar-refractivity contribution < 1.29 is 4.79 Å². The largest absolute Gasteiger partial charge is 0.369 e. The van der Waals surface area contributed by atoms with E-state index in [0.29, 0.717) is 17.0 Å². The number of hydrogen-bond donors (Lipinski definition) is 1. The molecule has 0 aliphatic rings. The number of carbonyl (C=O) groups is 1. The highest BCUT2D eigenvalue weighted by atomic mass is 16.1. The van der Waals surface area contributed by atoms with E-state index in [4.69, 9.17) is 15.7 Å². The van der Waals surface area contributed by atoms with Crippen LogP contribution in [0.25, 0.3) is 33.4 Å². The Morgan fingerprint density at radius 2 is 1.74 bits per heavy atom. The lowest BCUT2D eigenvalue weighted by Gasteiger charge is -2.21. The fourth-order valence-corrected chi connectivity index (χ4v) is 3.96. The van der Waals surface area contributed by atoms with Gasteiger partial charge in [0.05, 0.1) is 17.3 Å². The SMILES string of the molecule is CN(c1ccccn1)c1nc(-c2cncc(CC(N)=O)c2)nc2cccc(-c3ccccc3)c12. The number of primary amides is 1. The van der Waals surface area contributed by atoms with E-state index in [9.17, 15) is 4.79 Å². The summed E-state index contributed by atoms with van der Waals surface area (Å²) in [6.07, 6.45) is 5.18. The van der Waals surface area contributed by atoms with Gasteiger partial charge in [-0.05, 0) is 41.0 Å². The molecular formula is C27H22N6O. The summed E-state index contributed by atoms with van der Waals surface area (Å²) < 4.78 is 0. The van der Waals surface area contributed by atoms with Gasteiger partial charge in [-0.3, -0.25) is 9.78 Å². The van der Waals surface area contributed by atoms with Gasteiger partial charge in [0, 0.05) is 31.2 Å². The lowest BCUT2D eigenvalue weighted by atomic mass is 10.0. The van der Waals surface area contributed by atoms with Crippen molar-refractivity contribution in [2.24, 2.45) is 5.73 Å². The second kappa shape index (κ2) is 9.07. The zero-order valence-corrected chi connectivity index (χ0v) is 18.6. The molecule has 0 aliphatic carbocycles. The summed E-state index contributed by atoms with van der Waals surface area (Å²) in [5.41, 5.74) is 9.70. The Bertz CT molecular complexity index is 1470. The molecule has 5 aromatic rings. The van der Waals surface area contributed by atoms with Gasteiger partial charge in [0.2, 0.25) is 5.91 Å². The highest BCUT2D eigenvalue weighted by Crippen LogP contribution is 2.37. The first-order valence-electron chi connectivity index (χ1n) is 10.8. The van der Waals surface area contributed by atoms with Crippen molar-refractivity contribution in [3.8, 4) is 22.5 Å². The van der Waals surface area contributed by atoms with E-state index in [2.05, 4.69) is 28.2 Å². The normalized spacial score (nSPS) is 10.9. The van der Waals surface area contributed by atoms with E-state index >= 15 is 0 Å². The van der Waals surface area contributed by atoms with Crippen molar-refractivity contribution in [1.82, 2.24) is 19.9 Å². The Labute approximate surface area is 197 Å². The molecule has 0 aliphatic heterocycles. The fraction of sp³-hybridized carbons (Fsp3) is 0.0741. The molecule has 7 heteroatoms. The van der Waals surface area contributed by atoms with Gasteiger partial charge in [-0.1, -0.05) is 48.5 Å². The Hall–Kier alpha value is -4.65. The Kier molecular flexibility index (Phi) is 5.66. The topological polar surface area (TPSA) is 97.9 Å². The van der Waals surface area contributed by atoms with E-state index in [1.165, 1.54) is 0 Å². The van der Waals surface area contributed by atoms with Crippen LogP contribution < -0.4 is 10.6 Å². The van der Waals surface area contributed by atoms with Gasteiger partial charge in [-0.25, -0.2) is 15.0 Å². The van der Waals surface area contributed by atoms with Crippen molar-refractivity contribution in [3.63, 3.8) is 0 Å². The van der Waals surface area contributed by atoms with Crippen LogP contribution in [0.2, 0.25) is 0 Å². The first-order valence-corrected chi connectivity index (χ1v) is 10.8. The monoisotopic (exact) mass is 446 g/mol. The lowest BCUT2D eigenvalue weighted by Crippen LogP contribution is -2.15. The Balaban J connectivity index is 1.75. The van der Waals surface area contributed by atoms with Crippen molar-refractivity contribution in [2.45, 2.75) is 6.42 Å². The number of aromatic nitrogens is 4. The molecule has 34 heavy (non-hydrogen) atoms. The second-order valence-electron chi connectivity index (χ2n) is 7.91. The van der Waals surface area contributed by atoms with Crippen molar-refractivity contribution in [1.29, 1.82) is 0 Å². The van der Waals surface area contributed by atoms with Gasteiger partial charge in [-0.2, -0.15) is 0 Å². The molecule has 0 radical (unpaired) electrons. The van der Waals surface area contributed by atoms with Crippen molar-refractivity contribution in [2.75, 3.05) is 11.9 Å². The maximum absolute atomic E-state index is 11.4. The Morgan fingerprint density at radius 1 is 0.912 bits per heavy atom. The third-order valence-electron chi connectivity index (χ3n) is 5.53. The second-order valence-corrected chi connectivity index (χ2v) is 7.91. The molecule has 2 aromatic carbocycles. The third-order valence-corrected chi connectivity index (χ3v) is 5.53. The number of nitrogens with two attached hydrogens (primary N) is 1. The number of hydrogen-bond acceptors (Lipinski definition) is 6. The number of pyridine rings is 2. The predicted molar refractivity (Wildman–Crippen MR) is 133 cm³/mol. The minimum Gasteiger partial charge on any atom is -0.369 e. The van der Waals surface area contributed by atoms with Crippen LogP contribution in [0.4, 0.5) is 11.6 Å². The van der Waals surface area contributed by atoms with Crippen LogP contribution in [-0.4, -0.2) is 32.9 Å². The van der Waals surface area contributed by atoms with Gasteiger partial charge in [0.25, 0.3) is 0 Å². The van der Waals surface area contributed by atoms with Gasteiger partial charge < -0.3 is 10.6 Å². The summed E-state index contributed by atoms with van der Waals surface area (Å²) in [4.78, 5) is 32.0. The molecule has 0 unspecified atom stereocenters. The molecule has 3 heterocycles. The van der Waals surface area contributed by atoms with Crippen LogP contribution in [0.1, 0.15) is 5.56 Å². The van der Waals surface area contributed by atoms with Gasteiger partial charge in [0.15, 0.2) is 5.82 Å². The minimum absolute atomic E-state index is 0.104. The standard InChI is InChI=1S/C27H22N6O/c1-33(24-12-5-6-13-30-24)27-25-21(19-8-3-2-4-9-19)10-7-11-22(25)31-26(32-27)20-14-18(15-23(28)34)16-29-17-20/h2-14,16-17H,15H2,1H3,(H2,28,34). The van der Waals surface area contributed by atoms with E-state index in [1.807, 2.05) is 66.5 Å². The average molecular weight is 447 g/mol. The molecule has 7 nitrogen and oxygen atoms in total. The van der Waals surface area contributed by atoms with Crippen LogP contribution in [-0.2, 0) is 11.2 Å². The number of nitrogens with zero attached hydrogens (tertiary/aromatic N) is 5. The lowest BCUT2D eigenvalue weighted by molar-refractivity contribution is -0.117. The van der Waals surface area contributed by atoms with E-state index in [0.717, 1.165) is 33.7 Å². The molecule has 3 aromatic heterocycles. The highest BCUT2D eigenvalue weighted by Gasteiger charge is 2.19. The minimum atomic E-state index is -0.415. The van der Waals surface area contributed by atoms with Crippen LogP contribution in [0.5, 0.6) is 0 Å². The van der Waals surface area contributed by atoms with Gasteiger partial charge in [0.1, 0.15) is 11.6 Å². The highest BCUT2D eigenvalue weighted by molar-refractivity contribution is 6.03. The summed E-state index contributed by atoms with van der Waals surface area (Å²) in [7, 11) is 1.94. The molecule has 0 saturated heterocycles. The molecule has 0 bridgehead atoms. The predicted octanol–water partition coefficient (Wildman–Crippen LogP) is 4.55. The van der Waals surface area contributed by atoms with Gasteiger partial charge in [-0.15, -0.1) is 0 Å². The summed E-state index contributed by atoms with van der Waals surface area (Å²) >= 11 is 0. The number of fused-ring (bicyclic) bond motifs is 1. The molecular weight excluding hydrogens is 424 g/mol. The molecule has 0 atom stereocenters. The molecule has 0 saturated carbocycles. The van der Waals surface area contributed by atoms with Crippen LogP contribution in [0, 0.1) is 0 Å². The zero-order chi connectivity index (χ0) is 23.5. The summed E-state index contributed by atoms with van der Waals surface area (Å²) in [5.74, 6) is 1.58. The maximum atomic E-state index is 11.4. The fourth-order valence-electron chi connectivity index (χ4n) is 3.96. The van der Waals surface area contributed by atoms with Gasteiger partial charge >= 0.3 is 0 Å². The zero-order valence-electron chi connectivity index (χ0n) is 18.6. The number of anilines is 2. The van der Waals surface area contributed by atoms with E-state index in [1.54, 1.807) is 18.6 Å². The number of carbonyl (C=O) groups excluding carboxylic acids is 1. The van der Waals surface area contributed by atoms with E-state index in [-0.39, 0.29) is 6.42 Å². The number of benzene rings is 2. The summed E-state index contributed by atoms with van der Waals surface area (Å²) in [5, 5.41) is 0.923. The van der Waals surface area contributed by atoms with Crippen molar-refractivity contribution in [3.05, 3.63) is 97.0 Å². The van der Waals surface area contributed by atoms with Crippen molar-refractivity contribution >= 4 is 28.4 Å². The summed E-state index contributed by atoms with van der Waals surface area (Å²) in [6.45, 7) is 0. The molecule has 0 spiro atoms. The van der Waals surface area contributed by atoms with Crippen LogP contribution >= 0.6 is 0 Å². The molecule has 166 valence electrons. The number of amides is 1. The first kappa shape index (κ1) is 21.2. The molecule has 0 fully saturated rings. The third kappa shape index (κ3) is 4.19. The van der Waals surface area contributed by atoms with Crippen LogP contribution in [0.15, 0.2) is 91.4 Å². The molecule has 2 N–H and O–H groups in total. The summed E-state index contributed by atoms with van der Waals surface area (Å²) in [6, 6.07) is 23.8. The average Bonchev–Trinajstić information content (AvgIpc) is 2.88. The Morgan fingerprint density at radius 3 is 2.50 bits per heavy atom. The van der Waals surface area contributed by atoms with E-state index < -0.39 is 5.91 Å². The van der Waals surface area contributed by atoms with Crippen LogP contribution in [0.3, 0.4) is 0 Å².